The molecule has 0 spiro atoms. The lowest BCUT2D eigenvalue weighted by atomic mass is 9.88. The van der Waals surface area contributed by atoms with E-state index in [2.05, 4.69) is 10.4 Å². The summed E-state index contributed by atoms with van der Waals surface area (Å²) < 4.78 is 6.13. The summed E-state index contributed by atoms with van der Waals surface area (Å²) in [5.41, 5.74) is 1.18. The van der Waals surface area contributed by atoms with Crippen LogP contribution in [0.2, 0.25) is 0 Å². The molecule has 3 rings (SSSR count). The van der Waals surface area contributed by atoms with Gasteiger partial charge in [-0.05, 0) is 38.3 Å². The molecule has 142 valence electrons. The summed E-state index contributed by atoms with van der Waals surface area (Å²) in [5.74, 6) is 0.0806. The summed E-state index contributed by atoms with van der Waals surface area (Å²) in [4.78, 5) is 38.0. The summed E-state index contributed by atoms with van der Waals surface area (Å²) in [7, 11) is 0. The van der Waals surface area contributed by atoms with Crippen molar-refractivity contribution in [1.29, 1.82) is 0 Å². The Bertz CT molecular complexity index is 727. The van der Waals surface area contributed by atoms with Crippen molar-refractivity contribution < 1.29 is 19.1 Å². The highest BCUT2D eigenvalue weighted by Crippen LogP contribution is 2.38. The maximum Gasteiger partial charge on any atom is 0.436 e. The predicted octanol–water partition coefficient (Wildman–Crippen LogP) is 3.64. The fourth-order valence-electron chi connectivity index (χ4n) is 3.66. The largest absolute Gasteiger partial charge is 0.448 e. The van der Waals surface area contributed by atoms with Gasteiger partial charge in [0.1, 0.15) is 5.82 Å². The van der Waals surface area contributed by atoms with Crippen molar-refractivity contribution in [2.24, 2.45) is 5.92 Å². The molecule has 1 N–H and O–H groups in total. The molecule has 26 heavy (non-hydrogen) atoms. The molecule has 9 heteroatoms. The molecule has 1 aromatic rings. The number of amides is 2. The van der Waals surface area contributed by atoms with Crippen molar-refractivity contribution in [3.8, 4) is 0 Å². The maximum atomic E-state index is 12.7. The van der Waals surface area contributed by atoms with Gasteiger partial charge in [-0.2, -0.15) is 5.10 Å². The van der Waals surface area contributed by atoms with Gasteiger partial charge in [0, 0.05) is 11.5 Å². The molecular weight excluding hydrogens is 360 g/mol. The standard InChI is InChI=1S/C17H23ClN4O4/c1-3-26-17(25)22-14(19-15(23)11-7-5-4-6-8-11)12-9-21(16(18)24)10(2)13(12)20-22/h10-11H,3-9H2,1-2H3,(H,19,23). The van der Waals surface area contributed by atoms with Crippen LogP contribution >= 0.6 is 11.6 Å². The Hall–Kier alpha value is -2.09. The zero-order valence-corrected chi connectivity index (χ0v) is 15.7. The Labute approximate surface area is 156 Å². The van der Waals surface area contributed by atoms with Crippen molar-refractivity contribution in [2.45, 2.75) is 58.5 Å². The van der Waals surface area contributed by atoms with Gasteiger partial charge in [-0.3, -0.25) is 9.59 Å². The number of carbonyl (C=O) groups excluding carboxylic acids is 3. The Morgan fingerprint density at radius 3 is 2.58 bits per heavy atom. The summed E-state index contributed by atoms with van der Waals surface area (Å²) in [6.45, 7) is 3.87. The summed E-state index contributed by atoms with van der Waals surface area (Å²) >= 11 is 5.63. The lowest BCUT2D eigenvalue weighted by Crippen LogP contribution is -2.29. The third-order valence-electron chi connectivity index (χ3n) is 5.09. The Balaban J connectivity index is 1.91. The molecule has 0 saturated heterocycles. The van der Waals surface area contributed by atoms with Gasteiger partial charge in [0.15, 0.2) is 0 Å². The second-order valence-electron chi connectivity index (χ2n) is 6.70. The first-order valence-corrected chi connectivity index (χ1v) is 9.37. The van der Waals surface area contributed by atoms with Crippen LogP contribution in [0.25, 0.3) is 0 Å². The minimum Gasteiger partial charge on any atom is -0.448 e. The van der Waals surface area contributed by atoms with Crippen LogP contribution in [-0.2, 0) is 16.1 Å². The SMILES string of the molecule is CCOC(=O)n1nc2c(c1NC(=O)C1CCCCC1)CN(C(=O)Cl)C2C. The van der Waals surface area contributed by atoms with Crippen molar-refractivity contribution in [3.63, 3.8) is 0 Å². The van der Waals surface area contributed by atoms with E-state index in [1.54, 1.807) is 13.8 Å². The van der Waals surface area contributed by atoms with Gasteiger partial charge < -0.3 is 15.0 Å². The number of fused-ring (bicyclic) bond motifs is 1. The zero-order valence-electron chi connectivity index (χ0n) is 15.0. The Morgan fingerprint density at radius 1 is 1.27 bits per heavy atom. The van der Waals surface area contributed by atoms with Crippen LogP contribution < -0.4 is 5.32 Å². The topological polar surface area (TPSA) is 93.5 Å². The summed E-state index contributed by atoms with van der Waals surface area (Å²) in [6, 6.07) is -0.379. The van der Waals surface area contributed by atoms with Crippen molar-refractivity contribution in [1.82, 2.24) is 14.7 Å². The first-order valence-electron chi connectivity index (χ1n) is 8.99. The molecule has 2 heterocycles. The number of halogens is 1. The molecule has 1 aliphatic heterocycles. The van der Waals surface area contributed by atoms with E-state index in [-0.39, 0.29) is 36.8 Å². The number of aromatic nitrogens is 2. The second-order valence-corrected chi connectivity index (χ2v) is 7.03. The molecule has 2 aliphatic rings. The molecule has 1 fully saturated rings. The molecule has 1 aromatic heterocycles. The molecule has 1 aliphatic carbocycles. The quantitative estimate of drug-likeness (QED) is 0.636. The molecule has 0 bridgehead atoms. The third-order valence-corrected chi connectivity index (χ3v) is 5.31. The number of carbonyl (C=O) groups is 3. The number of rotatable bonds is 3. The van der Waals surface area contributed by atoms with Gasteiger partial charge in [-0.1, -0.05) is 19.3 Å². The van der Waals surface area contributed by atoms with Gasteiger partial charge in [0.2, 0.25) is 5.91 Å². The maximum absolute atomic E-state index is 12.7. The highest BCUT2D eigenvalue weighted by molar-refractivity contribution is 6.62. The molecule has 1 unspecified atom stereocenters. The van der Waals surface area contributed by atoms with Gasteiger partial charge in [0.25, 0.3) is 0 Å². The zero-order chi connectivity index (χ0) is 18.8. The second kappa shape index (κ2) is 7.65. The van der Waals surface area contributed by atoms with Crippen LogP contribution in [-0.4, -0.2) is 38.7 Å². The Morgan fingerprint density at radius 2 is 1.96 bits per heavy atom. The minimum atomic E-state index is -0.656. The predicted molar refractivity (Wildman–Crippen MR) is 95.1 cm³/mol. The van der Waals surface area contributed by atoms with E-state index in [1.165, 1.54) is 4.90 Å². The average Bonchev–Trinajstić information content (AvgIpc) is 3.13. The fraction of sp³-hybridized carbons (Fsp3) is 0.647. The lowest BCUT2D eigenvalue weighted by Gasteiger charge is -2.22. The van der Waals surface area contributed by atoms with Crippen molar-refractivity contribution in [2.75, 3.05) is 11.9 Å². The van der Waals surface area contributed by atoms with Gasteiger partial charge in [-0.15, -0.1) is 4.68 Å². The van der Waals surface area contributed by atoms with E-state index in [1.807, 2.05) is 0 Å². The molecule has 0 aromatic carbocycles. The number of hydrogen-bond donors (Lipinski definition) is 1. The van der Waals surface area contributed by atoms with Crippen molar-refractivity contribution >= 4 is 34.8 Å². The van der Waals surface area contributed by atoms with E-state index in [4.69, 9.17) is 16.3 Å². The van der Waals surface area contributed by atoms with Crippen LogP contribution in [0.5, 0.6) is 0 Å². The molecule has 1 atom stereocenters. The number of nitrogens with zero attached hydrogens (tertiary/aromatic N) is 3. The average molecular weight is 383 g/mol. The van der Waals surface area contributed by atoms with E-state index < -0.39 is 11.5 Å². The van der Waals surface area contributed by atoms with Crippen LogP contribution in [0.3, 0.4) is 0 Å². The van der Waals surface area contributed by atoms with Gasteiger partial charge in [0.05, 0.1) is 24.9 Å². The van der Waals surface area contributed by atoms with Crippen molar-refractivity contribution in [3.05, 3.63) is 11.3 Å². The minimum absolute atomic E-state index is 0.0745. The smallest absolute Gasteiger partial charge is 0.436 e. The first kappa shape index (κ1) is 18.7. The highest BCUT2D eigenvalue weighted by atomic mass is 35.5. The molecular formula is C17H23ClN4O4. The number of hydrogen-bond acceptors (Lipinski definition) is 5. The van der Waals surface area contributed by atoms with Crippen LogP contribution in [0.4, 0.5) is 15.4 Å². The van der Waals surface area contributed by atoms with E-state index in [0.717, 1.165) is 36.8 Å². The summed E-state index contributed by atoms with van der Waals surface area (Å²) in [6.07, 6.45) is 4.22. The molecule has 2 amide bonds. The van der Waals surface area contributed by atoms with Crippen LogP contribution in [0, 0.1) is 5.92 Å². The van der Waals surface area contributed by atoms with Gasteiger partial charge >= 0.3 is 11.5 Å². The highest BCUT2D eigenvalue weighted by Gasteiger charge is 2.38. The molecule has 8 nitrogen and oxygen atoms in total. The molecule has 0 radical (unpaired) electrons. The van der Waals surface area contributed by atoms with E-state index in [0.29, 0.717) is 11.3 Å². The first-order chi connectivity index (χ1) is 12.4. The Kier molecular flexibility index (Phi) is 5.50. The lowest BCUT2D eigenvalue weighted by molar-refractivity contribution is -0.120. The van der Waals surface area contributed by atoms with Crippen LogP contribution in [0.1, 0.15) is 63.3 Å². The summed E-state index contributed by atoms with van der Waals surface area (Å²) in [5, 5.41) is 6.56. The number of nitrogens with one attached hydrogen (secondary N) is 1. The number of anilines is 1. The fourth-order valence-corrected chi connectivity index (χ4v) is 3.86. The molecule has 1 saturated carbocycles. The van der Waals surface area contributed by atoms with E-state index in [9.17, 15) is 14.4 Å². The normalized spacial score (nSPS) is 20.0. The van der Waals surface area contributed by atoms with E-state index >= 15 is 0 Å². The monoisotopic (exact) mass is 382 g/mol. The van der Waals surface area contributed by atoms with Gasteiger partial charge in [-0.25, -0.2) is 4.79 Å². The third kappa shape index (κ3) is 3.42. The van der Waals surface area contributed by atoms with Crippen LogP contribution in [0.15, 0.2) is 0 Å². The number of ether oxygens (including phenoxy) is 1.